The molecule has 116 valence electrons. The molecule has 0 bridgehead atoms. The molecule has 0 saturated carbocycles. The molecule has 3 atom stereocenters. The summed E-state index contributed by atoms with van der Waals surface area (Å²) in [4.78, 5) is 0. The Labute approximate surface area is 129 Å². The van der Waals surface area contributed by atoms with Gasteiger partial charge < -0.3 is 10.1 Å². The van der Waals surface area contributed by atoms with Gasteiger partial charge in [0.05, 0.1) is 6.10 Å². The number of nitrogens with one attached hydrogen (secondary N) is 1. The van der Waals surface area contributed by atoms with Crippen molar-refractivity contribution < 1.29 is 4.74 Å². The van der Waals surface area contributed by atoms with Crippen molar-refractivity contribution in [1.29, 1.82) is 0 Å². The molecule has 1 heterocycles. The molecule has 1 saturated heterocycles. The zero-order chi connectivity index (χ0) is 14.5. The summed E-state index contributed by atoms with van der Waals surface area (Å²) < 4.78 is 5.93. The molecular weight excluding hydrogens is 258 g/mol. The van der Waals surface area contributed by atoms with E-state index >= 15 is 0 Å². The third kappa shape index (κ3) is 3.87. The van der Waals surface area contributed by atoms with Crippen LogP contribution in [0.25, 0.3) is 0 Å². The second kappa shape index (κ2) is 7.42. The second-order valence-electron chi connectivity index (χ2n) is 6.73. The zero-order valence-corrected chi connectivity index (χ0v) is 13.3. The zero-order valence-electron chi connectivity index (χ0n) is 13.3. The molecule has 1 aromatic rings. The maximum Gasteiger partial charge on any atom is 0.0590 e. The lowest BCUT2D eigenvalue weighted by molar-refractivity contribution is 0.00466. The molecule has 0 spiro atoms. The van der Waals surface area contributed by atoms with Crippen molar-refractivity contribution in [1.82, 2.24) is 5.32 Å². The van der Waals surface area contributed by atoms with E-state index in [1.165, 1.54) is 51.4 Å². The van der Waals surface area contributed by atoms with Crippen molar-refractivity contribution in [2.24, 2.45) is 0 Å². The average Bonchev–Trinajstić information content (AvgIpc) is 2.55. The number of rotatable bonds is 5. The van der Waals surface area contributed by atoms with Gasteiger partial charge in [0.15, 0.2) is 0 Å². The first-order valence-corrected chi connectivity index (χ1v) is 8.73. The van der Waals surface area contributed by atoms with Gasteiger partial charge in [0.25, 0.3) is 0 Å². The fourth-order valence-corrected chi connectivity index (χ4v) is 4.09. The summed E-state index contributed by atoms with van der Waals surface area (Å²) in [7, 11) is 2.11. The summed E-state index contributed by atoms with van der Waals surface area (Å²) in [6, 6.07) is 9.65. The number of hydrogen-bond donors (Lipinski definition) is 1. The van der Waals surface area contributed by atoms with E-state index in [4.69, 9.17) is 4.74 Å². The topological polar surface area (TPSA) is 21.3 Å². The number of fused-ring (bicyclic) bond motifs is 1. The van der Waals surface area contributed by atoms with E-state index in [2.05, 4.69) is 36.6 Å². The second-order valence-corrected chi connectivity index (χ2v) is 6.73. The van der Waals surface area contributed by atoms with Crippen LogP contribution in [0.2, 0.25) is 0 Å². The molecule has 1 aromatic carbocycles. The molecule has 1 aliphatic carbocycles. The van der Waals surface area contributed by atoms with Crippen LogP contribution in [0.1, 0.15) is 62.0 Å². The van der Waals surface area contributed by atoms with E-state index in [1.807, 2.05) is 0 Å². The van der Waals surface area contributed by atoms with Gasteiger partial charge in [0.2, 0.25) is 0 Å². The van der Waals surface area contributed by atoms with Crippen molar-refractivity contribution in [2.75, 3.05) is 13.7 Å². The molecule has 2 nitrogen and oxygen atoms in total. The molecule has 0 radical (unpaired) electrons. The molecule has 0 amide bonds. The first-order chi connectivity index (χ1) is 10.4. The lowest BCUT2D eigenvalue weighted by Crippen LogP contribution is -2.34. The number of benzene rings is 1. The standard InChI is InChI=1S/C19H29NO/c1-20-17(14-18-10-4-5-12-21-18)13-16-9-6-8-15-7-2-3-11-19(15)16/h2-3,7,11,16-18,20H,4-6,8-10,12-14H2,1H3. The van der Waals surface area contributed by atoms with Gasteiger partial charge in [-0.15, -0.1) is 0 Å². The quantitative estimate of drug-likeness (QED) is 0.882. The number of ether oxygens (including phenoxy) is 1. The van der Waals surface area contributed by atoms with Crippen LogP contribution in [-0.2, 0) is 11.2 Å². The summed E-state index contributed by atoms with van der Waals surface area (Å²) >= 11 is 0. The average molecular weight is 287 g/mol. The van der Waals surface area contributed by atoms with Crippen LogP contribution in [0.3, 0.4) is 0 Å². The Bertz CT molecular complexity index is 439. The van der Waals surface area contributed by atoms with Gasteiger partial charge in [-0.1, -0.05) is 24.3 Å². The predicted molar refractivity (Wildman–Crippen MR) is 87.8 cm³/mol. The maximum absolute atomic E-state index is 5.93. The summed E-state index contributed by atoms with van der Waals surface area (Å²) in [5.41, 5.74) is 3.19. The molecule has 21 heavy (non-hydrogen) atoms. The largest absolute Gasteiger partial charge is 0.378 e. The highest BCUT2D eigenvalue weighted by Gasteiger charge is 2.25. The Balaban J connectivity index is 1.61. The highest BCUT2D eigenvalue weighted by Crippen LogP contribution is 2.35. The Kier molecular flexibility index (Phi) is 5.32. The molecule has 2 heteroatoms. The van der Waals surface area contributed by atoms with Crippen LogP contribution >= 0.6 is 0 Å². The smallest absolute Gasteiger partial charge is 0.0590 e. The molecular formula is C19H29NO. The van der Waals surface area contributed by atoms with Crippen molar-refractivity contribution in [2.45, 2.75) is 69.4 Å². The Morgan fingerprint density at radius 2 is 2.05 bits per heavy atom. The predicted octanol–water partition coefficient (Wildman–Crippen LogP) is 4.04. The number of aryl methyl sites for hydroxylation is 1. The Morgan fingerprint density at radius 3 is 2.86 bits per heavy atom. The van der Waals surface area contributed by atoms with E-state index in [-0.39, 0.29) is 0 Å². The lowest BCUT2D eigenvalue weighted by atomic mass is 9.79. The van der Waals surface area contributed by atoms with Gasteiger partial charge in [-0.2, -0.15) is 0 Å². The van der Waals surface area contributed by atoms with Crippen LogP contribution in [0.15, 0.2) is 24.3 Å². The minimum atomic E-state index is 0.482. The molecule has 0 aromatic heterocycles. The van der Waals surface area contributed by atoms with E-state index < -0.39 is 0 Å². The third-order valence-electron chi connectivity index (χ3n) is 5.29. The van der Waals surface area contributed by atoms with Crippen molar-refractivity contribution in [3.8, 4) is 0 Å². The Morgan fingerprint density at radius 1 is 1.14 bits per heavy atom. The molecule has 3 unspecified atom stereocenters. The van der Waals surface area contributed by atoms with Gasteiger partial charge in [-0.05, 0) is 75.5 Å². The van der Waals surface area contributed by atoms with Crippen molar-refractivity contribution >= 4 is 0 Å². The van der Waals surface area contributed by atoms with E-state index in [9.17, 15) is 0 Å². The lowest BCUT2D eigenvalue weighted by Gasteiger charge is -2.31. The Hall–Kier alpha value is -0.860. The fraction of sp³-hybridized carbons (Fsp3) is 0.684. The molecule has 1 fully saturated rings. The van der Waals surface area contributed by atoms with Gasteiger partial charge in [-0.25, -0.2) is 0 Å². The van der Waals surface area contributed by atoms with Crippen LogP contribution in [0.5, 0.6) is 0 Å². The first-order valence-electron chi connectivity index (χ1n) is 8.73. The summed E-state index contributed by atoms with van der Waals surface area (Å²) in [6.45, 7) is 0.966. The normalized spacial score (nSPS) is 27.1. The monoisotopic (exact) mass is 287 g/mol. The minimum absolute atomic E-state index is 0.482. The van der Waals surface area contributed by atoms with Crippen LogP contribution in [0, 0.1) is 0 Å². The van der Waals surface area contributed by atoms with Gasteiger partial charge in [0, 0.05) is 12.6 Å². The molecule has 3 rings (SSSR count). The minimum Gasteiger partial charge on any atom is -0.378 e. The highest BCUT2D eigenvalue weighted by molar-refractivity contribution is 5.32. The highest BCUT2D eigenvalue weighted by atomic mass is 16.5. The van der Waals surface area contributed by atoms with Gasteiger partial charge in [-0.3, -0.25) is 0 Å². The van der Waals surface area contributed by atoms with E-state index in [0.29, 0.717) is 12.1 Å². The van der Waals surface area contributed by atoms with Crippen molar-refractivity contribution in [3.05, 3.63) is 35.4 Å². The maximum atomic E-state index is 5.93. The fourth-order valence-electron chi connectivity index (χ4n) is 4.09. The first kappa shape index (κ1) is 15.1. The van der Waals surface area contributed by atoms with E-state index in [0.717, 1.165) is 12.5 Å². The summed E-state index contributed by atoms with van der Waals surface area (Å²) in [6.07, 6.45) is 10.7. The van der Waals surface area contributed by atoms with Crippen LogP contribution < -0.4 is 5.32 Å². The number of hydrogen-bond acceptors (Lipinski definition) is 2. The molecule has 1 aliphatic heterocycles. The summed E-state index contributed by atoms with van der Waals surface area (Å²) in [5.74, 6) is 0.732. The van der Waals surface area contributed by atoms with Crippen molar-refractivity contribution in [3.63, 3.8) is 0 Å². The van der Waals surface area contributed by atoms with Crippen LogP contribution in [-0.4, -0.2) is 25.8 Å². The SMILES string of the molecule is CNC(CC1CCCCO1)CC1CCCc2ccccc21. The van der Waals surface area contributed by atoms with Crippen LogP contribution in [0.4, 0.5) is 0 Å². The van der Waals surface area contributed by atoms with Gasteiger partial charge in [0.1, 0.15) is 0 Å². The summed E-state index contributed by atoms with van der Waals surface area (Å²) in [5, 5.41) is 3.55. The van der Waals surface area contributed by atoms with Gasteiger partial charge >= 0.3 is 0 Å². The third-order valence-corrected chi connectivity index (χ3v) is 5.29. The molecule has 1 N–H and O–H groups in total. The molecule has 2 aliphatic rings. The van der Waals surface area contributed by atoms with E-state index in [1.54, 1.807) is 11.1 Å².